The Hall–Kier alpha value is -4.64. The van der Waals surface area contributed by atoms with Crippen LogP contribution in [0.1, 0.15) is 49.3 Å². The smallest absolute Gasteiger partial charge is 0.255 e. The van der Waals surface area contributed by atoms with E-state index in [-0.39, 0.29) is 5.91 Å². The van der Waals surface area contributed by atoms with Crippen molar-refractivity contribution in [2.45, 2.75) is 33.1 Å². The second kappa shape index (κ2) is 11.2. The lowest BCUT2D eigenvalue weighted by molar-refractivity contribution is 0.0965. The summed E-state index contributed by atoms with van der Waals surface area (Å²) in [4.78, 5) is 29.9. The first-order chi connectivity index (χ1) is 17.2. The van der Waals surface area contributed by atoms with Crippen molar-refractivity contribution in [1.82, 2.24) is 20.3 Å². The first kappa shape index (κ1) is 26.0. The highest BCUT2D eigenvalue weighted by Gasteiger charge is 2.22. The third kappa shape index (κ3) is 6.07. The van der Waals surface area contributed by atoms with Crippen LogP contribution < -0.4 is 10.6 Å². The molecular formula is C28H29N7O. The average molecular weight is 480 g/mol. The number of aliphatic imine (C=N–C) groups is 1. The van der Waals surface area contributed by atoms with Gasteiger partial charge in [-0.2, -0.15) is 5.26 Å². The van der Waals surface area contributed by atoms with Crippen molar-refractivity contribution in [2.75, 3.05) is 12.4 Å². The van der Waals surface area contributed by atoms with E-state index < -0.39 is 5.41 Å². The van der Waals surface area contributed by atoms with Gasteiger partial charge in [0.1, 0.15) is 12.1 Å². The van der Waals surface area contributed by atoms with Crippen LogP contribution in [0.5, 0.6) is 0 Å². The molecule has 182 valence electrons. The van der Waals surface area contributed by atoms with Crippen molar-refractivity contribution >= 4 is 24.0 Å². The van der Waals surface area contributed by atoms with Crippen LogP contribution in [0.3, 0.4) is 0 Å². The van der Waals surface area contributed by atoms with Crippen LogP contribution in [0.25, 0.3) is 16.8 Å². The number of hydrogen-bond donors (Lipinski definition) is 2. The number of carbonyl (C=O) groups is 1. The molecule has 8 nitrogen and oxygen atoms in total. The van der Waals surface area contributed by atoms with Crippen molar-refractivity contribution in [3.8, 4) is 17.3 Å². The van der Waals surface area contributed by atoms with Crippen LogP contribution >= 0.6 is 0 Å². The summed E-state index contributed by atoms with van der Waals surface area (Å²) >= 11 is 0. The van der Waals surface area contributed by atoms with Crippen LogP contribution in [0.4, 0.5) is 5.82 Å². The second-order valence-corrected chi connectivity index (χ2v) is 8.72. The van der Waals surface area contributed by atoms with Crippen molar-refractivity contribution < 1.29 is 4.79 Å². The molecule has 36 heavy (non-hydrogen) atoms. The number of nitriles is 1. The molecule has 0 aliphatic rings. The second-order valence-electron chi connectivity index (χ2n) is 8.72. The van der Waals surface area contributed by atoms with E-state index in [0.29, 0.717) is 22.7 Å². The summed E-state index contributed by atoms with van der Waals surface area (Å²) in [5.41, 5.74) is 4.91. The third-order valence-corrected chi connectivity index (χ3v) is 5.63. The van der Waals surface area contributed by atoms with Crippen molar-refractivity contribution in [2.24, 2.45) is 4.99 Å². The minimum Gasteiger partial charge on any atom is -0.373 e. The fourth-order valence-corrected chi connectivity index (χ4v) is 3.45. The summed E-state index contributed by atoms with van der Waals surface area (Å²) < 4.78 is 0. The quantitative estimate of drug-likeness (QED) is 0.341. The number of aromatic nitrogens is 3. The van der Waals surface area contributed by atoms with E-state index in [2.05, 4.69) is 43.4 Å². The van der Waals surface area contributed by atoms with Gasteiger partial charge >= 0.3 is 0 Å². The standard InChI is InChI=1S/C28H29N7O/c1-18(35-27(36)22-10-11-32-25(14-22)28(3,4)16-29)12-23(19(2)30-5)20-8-7-9-21(13-20)24-15-26(31-6)34-17-33-24/h7-15,17H,5H2,1-4,6H3,(H,35,36)(H,31,33,34)/b18-12+,23-19+. The van der Waals surface area contributed by atoms with Gasteiger partial charge in [-0.05, 0) is 64.3 Å². The zero-order valence-electron chi connectivity index (χ0n) is 21.1. The van der Waals surface area contributed by atoms with Crippen molar-refractivity contribution in [1.29, 1.82) is 5.26 Å². The van der Waals surface area contributed by atoms with E-state index in [1.54, 1.807) is 26.0 Å². The van der Waals surface area contributed by atoms with Crippen LogP contribution in [0, 0.1) is 11.3 Å². The molecule has 0 aliphatic heterocycles. The molecule has 2 aromatic heterocycles. The summed E-state index contributed by atoms with van der Waals surface area (Å²) in [5.74, 6) is 0.431. The number of rotatable bonds is 8. The van der Waals surface area contributed by atoms with Gasteiger partial charge < -0.3 is 10.6 Å². The molecule has 0 aliphatic carbocycles. The molecular weight excluding hydrogens is 450 g/mol. The number of hydrogen-bond acceptors (Lipinski definition) is 7. The monoisotopic (exact) mass is 479 g/mol. The number of anilines is 1. The van der Waals surface area contributed by atoms with E-state index in [9.17, 15) is 10.1 Å². The molecule has 2 N–H and O–H groups in total. The number of amides is 1. The Bertz CT molecular complexity index is 1400. The van der Waals surface area contributed by atoms with Crippen LogP contribution in [-0.2, 0) is 5.41 Å². The fourth-order valence-electron chi connectivity index (χ4n) is 3.45. The molecule has 3 aromatic rings. The molecule has 0 atom stereocenters. The lowest BCUT2D eigenvalue weighted by atomic mass is 9.90. The number of allylic oxidation sites excluding steroid dienone is 4. The van der Waals surface area contributed by atoms with Gasteiger partial charge in [0.05, 0.1) is 22.9 Å². The van der Waals surface area contributed by atoms with Gasteiger partial charge in [0.25, 0.3) is 5.91 Å². The SMILES string of the molecule is C=N/C(C)=C(\C=C(/C)NC(=O)c1ccnc(C(C)(C)C#N)c1)c1cccc(-c2cc(NC)ncn2)c1. The summed E-state index contributed by atoms with van der Waals surface area (Å²) in [6, 6.07) is 15.2. The third-order valence-electron chi connectivity index (χ3n) is 5.63. The van der Waals surface area contributed by atoms with Crippen molar-refractivity contribution in [3.63, 3.8) is 0 Å². The van der Waals surface area contributed by atoms with Crippen molar-refractivity contribution in [3.05, 3.63) is 89.3 Å². The number of nitrogens with one attached hydrogen (secondary N) is 2. The Morgan fingerprint density at radius 2 is 1.89 bits per heavy atom. The molecule has 0 spiro atoms. The predicted molar refractivity (Wildman–Crippen MR) is 143 cm³/mol. The van der Waals surface area contributed by atoms with Gasteiger partial charge in [-0.25, -0.2) is 9.97 Å². The number of benzene rings is 1. The van der Waals surface area contributed by atoms with E-state index in [0.717, 1.165) is 28.2 Å². The molecule has 0 saturated heterocycles. The topological polar surface area (TPSA) is 116 Å². The Morgan fingerprint density at radius 3 is 2.58 bits per heavy atom. The first-order valence-corrected chi connectivity index (χ1v) is 11.3. The van der Waals surface area contributed by atoms with E-state index in [1.165, 1.54) is 12.5 Å². The van der Waals surface area contributed by atoms with Gasteiger partial charge in [-0.15, -0.1) is 0 Å². The number of pyridine rings is 1. The first-order valence-electron chi connectivity index (χ1n) is 11.3. The Balaban J connectivity index is 1.92. The predicted octanol–water partition coefficient (Wildman–Crippen LogP) is 5.15. The highest BCUT2D eigenvalue weighted by atomic mass is 16.1. The molecule has 1 aromatic carbocycles. The van der Waals surface area contributed by atoms with Crippen LogP contribution in [0.15, 0.2) is 77.5 Å². The summed E-state index contributed by atoms with van der Waals surface area (Å²) in [5, 5.41) is 15.3. The molecule has 8 heteroatoms. The maximum absolute atomic E-state index is 12.9. The maximum atomic E-state index is 12.9. The number of carbonyl (C=O) groups excluding carboxylic acids is 1. The van der Waals surface area contributed by atoms with Gasteiger partial charge in [-0.1, -0.05) is 18.2 Å². The average Bonchev–Trinajstić information content (AvgIpc) is 2.91. The largest absolute Gasteiger partial charge is 0.373 e. The van der Waals surface area contributed by atoms with Gasteiger partial charge in [0, 0.05) is 47.4 Å². The highest BCUT2D eigenvalue weighted by Crippen LogP contribution is 2.27. The Kier molecular flexibility index (Phi) is 8.07. The molecule has 0 bridgehead atoms. The minimum absolute atomic E-state index is 0.293. The lowest BCUT2D eigenvalue weighted by Crippen LogP contribution is -2.23. The maximum Gasteiger partial charge on any atom is 0.255 e. The molecule has 0 saturated carbocycles. The van der Waals surface area contributed by atoms with E-state index >= 15 is 0 Å². The molecule has 1 amide bonds. The molecule has 0 radical (unpaired) electrons. The molecule has 0 unspecified atom stereocenters. The Labute approximate surface area is 211 Å². The number of nitrogens with zero attached hydrogens (tertiary/aromatic N) is 5. The van der Waals surface area contributed by atoms with Gasteiger partial charge in [-0.3, -0.25) is 14.8 Å². The molecule has 3 rings (SSSR count). The Morgan fingerprint density at radius 1 is 1.11 bits per heavy atom. The zero-order valence-corrected chi connectivity index (χ0v) is 21.1. The summed E-state index contributed by atoms with van der Waals surface area (Å²) in [6.45, 7) is 10.9. The lowest BCUT2D eigenvalue weighted by Gasteiger charge is -2.15. The normalized spacial score (nSPS) is 12.3. The van der Waals surface area contributed by atoms with Gasteiger partial charge in [0.2, 0.25) is 0 Å². The van der Waals surface area contributed by atoms with Crippen LogP contribution in [-0.4, -0.2) is 34.6 Å². The molecule has 2 heterocycles. The van der Waals surface area contributed by atoms with E-state index in [1.807, 2.05) is 57.3 Å². The zero-order chi connectivity index (χ0) is 26.3. The van der Waals surface area contributed by atoms with E-state index in [4.69, 9.17) is 0 Å². The minimum atomic E-state index is -0.799. The molecule has 0 fully saturated rings. The summed E-state index contributed by atoms with van der Waals surface area (Å²) in [7, 11) is 1.81. The fraction of sp³-hybridized carbons (Fsp3) is 0.214. The van der Waals surface area contributed by atoms with Crippen LogP contribution in [0.2, 0.25) is 0 Å². The highest BCUT2D eigenvalue weighted by molar-refractivity contribution is 5.95. The summed E-state index contributed by atoms with van der Waals surface area (Å²) in [6.07, 6.45) is 4.92. The van der Waals surface area contributed by atoms with Gasteiger partial charge in [0.15, 0.2) is 0 Å².